The number of benzene rings is 2. The Labute approximate surface area is 195 Å². The highest BCUT2D eigenvalue weighted by molar-refractivity contribution is 14.0. The van der Waals surface area contributed by atoms with Gasteiger partial charge in [0.15, 0.2) is 17.5 Å². The van der Waals surface area contributed by atoms with Crippen LogP contribution in [-0.2, 0) is 11.3 Å². The summed E-state index contributed by atoms with van der Waals surface area (Å²) in [5.41, 5.74) is 3.64. The molecule has 1 atom stereocenters. The van der Waals surface area contributed by atoms with Crippen molar-refractivity contribution in [3.8, 4) is 11.5 Å². The van der Waals surface area contributed by atoms with E-state index in [2.05, 4.69) is 58.5 Å². The SMILES string of the molecule is CN=C(NCc1ccc2c(c1)OCCCO2)N1CCOC(c2ccccc2C)C1.I. The van der Waals surface area contributed by atoms with Crippen LogP contribution in [0, 0.1) is 6.92 Å². The average Bonchev–Trinajstić information content (AvgIpc) is 3.00. The summed E-state index contributed by atoms with van der Waals surface area (Å²) in [5.74, 6) is 2.53. The van der Waals surface area contributed by atoms with Gasteiger partial charge in [0.2, 0.25) is 0 Å². The van der Waals surface area contributed by atoms with Gasteiger partial charge in [0.1, 0.15) is 6.10 Å². The zero-order chi connectivity index (χ0) is 20.1. The largest absolute Gasteiger partial charge is 0.490 e. The van der Waals surface area contributed by atoms with Crippen LogP contribution in [0.3, 0.4) is 0 Å². The van der Waals surface area contributed by atoms with E-state index in [0.29, 0.717) is 26.4 Å². The van der Waals surface area contributed by atoms with Gasteiger partial charge in [-0.15, -0.1) is 24.0 Å². The third kappa shape index (κ3) is 5.37. The van der Waals surface area contributed by atoms with Crippen molar-refractivity contribution in [3.05, 3.63) is 59.2 Å². The first-order chi connectivity index (χ1) is 14.2. The zero-order valence-corrected chi connectivity index (χ0v) is 19.9. The van der Waals surface area contributed by atoms with E-state index in [1.807, 2.05) is 13.1 Å². The Kier molecular flexibility index (Phi) is 8.21. The van der Waals surface area contributed by atoms with E-state index in [4.69, 9.17) is 14.2 Å². The topological polar surface area (TPSA) is 55.3 Å². The maximum Gasteiger partial charge on any atom is 0.194 e. The van der Waals surface area contributed by atoms with Crippen LogP contribution in [0.25, 0.3) is 0 Å². The Hall–Kier alpha value is -2.00. The molecule has 2 aliphatic heterocycles. The Morgan fingerprint density at radius 3 is 2.70 bits per heavy atom. The summed E-state index contributed by atoms with van der Waals surface area (Å²) < 4.78 is 17.6. The smallest absolute Gasteiger partial charge is 0.194 e. The van der Waals surface area contributed by atoms with Crippen molar-refractivity contribution in [1.29, 1.82) is 0 Å². The van der Waals surface area contributed by atoms with Gasteiger partial charge in [-0.05, 0) is 35.7 Å². The van der Waals surface area contributed by atoms with Crippen molar-refractivity contribution in [2.75, 3.05) is 40.0 Å². The number of rotatable bonds is 3. The highest BCUT2D eigenvalue weighted by Crippen LogP contribution is 2.30. The van der Waals surface area contributed by atoms with Crippen LogP contribution in [0.1, 0.15) is 29.2 Å². The number of guanidine groups is 1. The Morgan fingerprint density at radius 1 is 1.10 bits per heavy atom. The van der Waals surface area contributed by atoms with Crippen LogP contribution < -0.4 is 14.8 Å². The highest BCUT2D eigenvalue weighted by atomic mass is 127. The molecule has 0 radical (unpaired) electrons. The first kappa shape index (κ1) is 22.7. The molecule has 4 rings (SSSR count). The summed E-state index contributed by atoms with van der Waals surface area (Å²) >= 11 is 0. The van der Waals surface area contributed by atoms with Gasteiger partial charge in [-0.1, -0.05) is 30.3 Å². The van der Waals surface area contributed by atoms with Gasteiger partial charge < -0.3 is 24.4 Å². The van der Waals surface area contributed by atoms with Gasteiger partial charge in [0, 0.05) is 26.6 Å². The first-order valence-electron chi connectivity index (χ1n) is 10.3. The second-order valence-electron chi connectivity index (χ2n) is 7.39. The number of nitrogens with zero attached hydrogens (tertiary/aromatic N) is 2. The fourth-order valence-corrected chi connectivity index (χ4v) is 3.81. The molecule has 1 fully saturated rings. The van der Waals surface area contributed by atoms with Crippen LogP contribution in [0.15, 0.2) is 47.5 Å². The van der Waals surface area contributed by atoms with Gasteiger partial charge >= 0.3 is 0 Å². The van der Waals surface area contributed by atoms with Crippen molar-refractivity contribution in [2.24, 2.45) is 4.99 Å². The predicted octanol–water partition coefficient (Wildman–Crippen LogP) is 3.92. The number of ether oxygens (including phenoxy) is 3. The lowest BCUT2D eigenvalue weighted by atomic mass is 10.0. The Morgan fingerprint density at radius 2 is 1.90 bits per heavy atom. The van der Waals surface area contributed by atoms with Gasteiger partial charge in [0.05, 0.1) is 26.4 Å². The summed E-state index contributed by atoms with van der Waals surface area (Å²) in [6.45, 7) is 6.50. The molecule has 1 unspecified atom stereocenters. The fraction of sp³-hybridized carbons (Fsp3) is 0.435. The molecule has 0 saturated carbocycles. The molecular formula is C23H30IN3O3. The molecule has 2 aromatic carbocycles. The summed E-state index contributed by atoms with van der Waals surface area (Å²) in [7, 11) is 1.83. The molecule has 162 valence electrons. The van der Waals surface area contributed by atoms with Crippen molar-refractivity contribution < 1.29 is 14.2 Å². The molecule has 6 nitrogen and oxygen atoms in total. The van der Waals surface area contributed by atoms with E-state index in [9.17, 15) is 0 Å². The predicted molar refractivity (Wildman–Crippen MR) is 129 cm³/mol. The van der Waals surface area contributed by atoms with E-state index in [1.165, 1.54) is 11.1 Å². The van der Waals surface area contributed by atoms with Crippen LogP contribution in [0.4, 0.5) is 0 Å². The molecule has 0 amide bonds. The number of halogens is 1. The lowest BCUT2D eigenvalue weighted by Crippen LogP contribution is -2.48. The summed E-state index contributed by atoms with van der Waals surface area (Å²) in [6.07, 6.45) is 0.968. The second-order valence-corrected chi connectivity index (χ2v) is 7.39. The molecule has 0 aromatic heterocycles. The van der Waals surface area contributed by atoms with Crippen molar-refractivity contribution in [1.82, 2.24) is 10.2 Å². The normalized spacial score (nSPS) is 18.9. The Bertz CT molecular complexity index is 875. The number of morpholine rings is 1. The summed E-state index contributed by atoms with van der Waals surface area (Å²) in [4.78, 5) is 6.77. The first-order valence-corrected chi connectivity index (χ1v) is 10.3. The minimum Gasteiger partial charge on any atom is -0.490 e. The quantitative estimate of drug-likeness (QED) is 0.376. The van der Waals surface area contributed by atoms with Crippen LogP contribution in [0.2, 0.25) is 0 Å². The lowest BCUT2D eigenvalue weighted by molar-refractivity contribution is -0.00833. The number of hydrogen-bond acceptors (Lipinski definition) is 4. The second kappa shape index (κ2) is 10.9. The minimum absolute atomic E-state index is 0. The average molecular weight is 523 g/mol. The molecule has 0 aliphatic carbocycles. The van der Waals surface area contributed by atoms with Crippen LogP contribution >= 0.6 is 24.0 Å². The number of nitrogens with one attached hydrogen (secondary N) is 1. The highest BCUT2D eigenvalue weighted by Gasteiger charge is 2.25. The number of aliphatic imine (C=N–C) groups is 1. The molecule has 1 N–H and O–H groups in total. The van der Waals surface area contributed by atoms with Crippen molar-refractivity contribution in [3.63, 3.8) is 0 Å². The maximum atomic E-state index is 6.05. The van der Waals surface area contributed by atoms with E-state index in [-0.39, 0.29) is 30.1 Å². The van der Waals surface area contributed by atoms with E-state index >= 15 is 0 Å². The van der Waals surface area contributed by atoms with Gasteiger partial charge in [-0.3, -0.25) is 4.99 Å². The molecular weight excluding hydrogens is 493 g/mol. The standard InChI is InChI=1S/C23H29N3O3.HI/c1-17-6-3-4-7-19(17)22-16-26(10-13-29-22)23(24-2)25-15-18-8-9-20-21(14-18)28-12-5-11-27-20;/h3-4,6-9,14,22H,5,10-13,15-16H2,1-2H3,(H,24,25);1H. The van der Waals surface area contributed by atoms with Crippen LogP contribution in [-0.4, -0.2) is 50.8 Å². The molecule has 7 heteroatoms. The lowest BCUT2D eigenvalue weighted by Gasteiger charge is -2.35. The molecule has 2 aromatic rings. The molecule has 0 spiro atoms. The molecule has 1 saturated heterocycles. The van der Waals surface area contributed by atoms with E-state index < -0.39 is 0 Å². The minimum atomic E-state index is 0. The molecule has 2 aliphatic rings. The van der Waals surface area contributed by atoms with Crippen molar-refractivity contribution in [2.45, 2.75) is 26.0 Å². The van der Waals surface area contributed by atoms with E-state index in [1.54, 1.807) is 0 Å². The third-order valence-corrected chi connectivity index (χ3v) is 5.38. The van der Waals surface area contributed by atoms with Crippen LogP contribution in [0.5, 0.6) is 11.5 Å². The number of hydrogen-bond donors (Lipinski definition) is 1. The zero-order valence-electron chi connectivity index (χ0n) is 17.6. The van der Waals surface area contributed by atoms with Gasteiger partial charge in [-0.25, -0.2) is 0 Å². The monoisotopic (exact) mass is 523 g/mol. The van der Waals surface area contributed by atoms with Crippen molar-refractivity contribution >= 4 is 29.9 Å². The number of fused-ring (bicyclic) bond motifs is 1. The Balaban J connectivity index is 0.00000256. The maximum absolute atomic E-state index is 6.05. The van der Waals surface area contributed by atoms with Gasteiger partial charge in [0.25, 0.3) is 0 Å². The number of aryl methyl sites for hydroxylation is 1. The molecule has 2 heterocycles. The van der Waals surface area contributed by atoms with E-state index in [0.717, 1.165) is 42.5 Å². The third-order valence-electron chi connectivity index (χ3n) is 5.38. The fourth-order valence-electron chi connectivity index (χ4n) is 3.81. The molecule has 30 heavy (non-hydrogen) atoms. The summed E-state index contributed by atoms with van der Waals surface area (Å²) in [5, 5.41) is 3.49. The molecule has 0 bridgehead atoms. The summed E-state index contributed by atoms with van der Waals surface area (Å²) in [6, 6.07) is 14.5. The van der Waals surface area contributed by atoms with Gasteiger partial charge in [-0.2, -0.15) is 0 Å².